The van der Waals surface area contributed by atoms with Gasteiger partial charge < -0.3 is 20.9 Å². The average molecular weight is 493 g/mol. The molecule has 3 atom stereocenters. The highest BCUT2D eigenvalue weighted by Gasteiger charge is 2.40. The lowest BCUT2D eigenvalue weighted by Crippen LogP contribution is -2.51. The van der Waals surface area contributed by atoms with Crippen molar-refractivity contribution in [1.29, 1.82) is 0 Å². The van der Waals surface area contributed by atoms with Crippen LogP contribution in [0, 0.1) is 17.3 Å². The Kier molecular flexibility index (Phi) is 9.30. The van der Waals surface area contributed by atoms with Crippen LogP contribution in [0.5, 0.6) is 0 Å². The Hall–Kier alpha value is -1.06. The van der Waals surface area contributed by atoms with E-state index in [4.69, 9.17) is 0 Å². The monoisotopic (exact) mass is 493 g/mol. The molecule has 2 saturated carbocycles. The molecule has 0 heterocycles. The number of guanidine groups is 1. The largest absolute Gasteiger partial charge is 0.356 e. The molecule has 27 heavy (non-hydrogen) atoms. The first-order valence-electron chi connectivity index (χ1n) is 9.76. The van der Waals surface area contributed by atoms with E-state index in [0.717, 1.165) is 5.92 Å². The molecule has 0 radical (unpaired) electrons. The molecular formula is C19H36IN5O2. The minimum Gasteiger partial charge on any atom is -0.356 e. The molecule has 0 aromatic carbocycles. The van der Waals surface area contributed by atoms with Crippen LogP contribution < -0.4 is 16.0 Å². The van der Waals surface area contributed by atoms with Gasteiger partial charge in [0.15, 0.2) is 5.96 Å². The highest BCUT2D eigenvalue weighted by Crippen LogP contribution is 2.44. The summed E-state index contributed by atoms with van der Waals surface area (Å²) < 4.78 is 0. The minimum atomic E-state index is -0.557. The third kappa shape index (κ3) is 6.80. The highest BCUT2D eigenvalue weighted by molar-refractivity contribution is 14.0. The number of halogens is 1. The van der Waals surface area contributed by atoms with Crippen LogP contribution in [0.4, 0.5) is 0 Å². The molecular weight excluding hydrogens is 457 g/mol. The van der Waals surface area contributed by atoms with E-state index in [9.17, 15) is 9.59 Å². The maximum atomic E-state index is 12.2. The molecule has 2 aliphatic rings. The summed E-state index contributed by atoms with van der Waals surface area (Å²) in [7, 11) is 3.46. The summed E-state index contributed by atoms with van der Waals surface area (Å²) in [4.78, 5) is 30.1. The van der Waals surface area contributed by atoms with Crippen molar-refractivity contribution >= 4 is 41.8 Å². The van der Waals surface area contributed by atoms with E-state index in [1.54, 1.807) is 14.1 Å². The van der Waals surface area contributed by atoms with Gasteiger partial charge in [-0.25, -0.2) is 4.99 Å². The van der Waals surface area contributed by atoms with Crippen LogP contribution in [0.25, 0.3) is 0 Å². The van der Waals surface area contributed by atoms with E-state index in [1.165, 1.54) is 30.6 Å². The third-order valence-corrected chi connectivity index (χ3v) is 5.58. The van der Waals surface area contributed by atoms with E-state index >= 15 is 0 Å². The SMILES string of the molecule is CCNC(=O)C(C)(C)CNC(=NCC(=O)N(C)C)NC1CC2CCC1C2.I. The number of nitrogens with zero attached hydrogens (tertiary/aromatic N) is 2. The van der Waals surface area contributed by atoms with Crippen molar-refractivity contribution in [2.75, 3.05) is 33.7 Å². The number of aliphatic imine (C=N–C) groups is 1. The smallest absolute Gasteiger partial charge is 0.243 e. The quantitative estimate of drug-likeness (QED) is 0.286. The molecule has 3 N–H and O–H groups in total. The number of hydrogen-bond donors (Lipinski definition) is 3. The van der Waals surface area contributed by atoms with E-state index in [-0.39, 0.29) is 42.3 Å². The maximum Gasteiger partial charge on any atom is 0.243 e. The minimum absolute atomic E-state index is 0. The standard InChI is InChI=1S/C19H35N5O2.HI/c1-6-20-17(26)19(2,3)12-22-18(21-11-16(25)24(4)5)23-15-10-13-7-8-14(15)9-13;/h13-15H,6-12H2,1-5H3,(H,20,26)(H2,21,22,23);1H. The van der Waals surface area contributed by atoms with Crippen LogP contribution in [0.2, 0.25) is 0 Å². The molecule has 8 heteroatoms. The molecule has 0 spiro atoms. The van der Waals surface area contributed by atoms with Crippen molar-refractivity contribution in [3.05, 3.63) is 0 Å². The summed E-state index contributed by atoms with van der Waals surface area (Å²) in [5.74, 6) is 2.13. The molecule has 0 aromatic heterocycles. The Morgan fingerprint density at radius 2 is 1.85 bits per heavy atom. The Morgan fingerprint density at radius 3 is 2.37 bits per heavy atom. The molecule has 2 aliphatic carbocycles. The van der Waals surface area contributed by atoms with Gasteiger partial charge in [-0.1, -0.05) is 6.42 Å². The number of carbonyl (C=O) groups is 2. The normalized spacial score (nSPS) is 24.2. The van der Waals surface area contributed by atoms with Crippen LogP contribution in [-0.2, 0) is 9.59 Å². The van der Waals surface area contributed by atoms with E-state index in [0.29, 0.717) is 31.0 Å². The summed E-state index contributed by atoms with van der Waals surface area (Å²) in [6.45, 7) is 6.91. The van der Waals surface area contributed by atoms with Crippen LogP contribution in [-0.4, -0.2) is 62.4 Å². The van der Waals surface area contributed by atoms with Gasteiger partial charge in [0.2, 0.25) is 11.8 Å². The van der Waals surface area contributed by atoms with E-state index in [1.807, 2.05) is 20.8 Å². The number of nitrogens with one attached hydrogen (secondary N) is 3. The van der Waals surface area contributed by atoms with Gasteiger partial charge in [0.05, 0.1) is 5.41 Å². The molecule has 2 rings (SSSR count). The Morgan fingerprint density at radius 1 is 1.15 bits per heavy atom. The summed E-state index contributed by atoms with van der Waals surface area (Å²) >= 11 is 0. The van der Waals surface area contributed by atoms with Gasteiger partial charge in [0, 0.05) is 33.2 Å². The Bertz CT molecular complexity index is 550. The fourth-order valence-corrected chi connectivity index (χ4v) is 3.82. The first kappa shape index (κ1) is 24.0. The zero-order valence-electron chi connectivity index (χ0n) is 17.3. The number of amides is 2. The molecule has 2 fully saturated rings. The second-order valence-electron chi connectivity index (χ2n) is 8.48. The number of rotatable bonds is 7. The molecule has 156 valence electrons. The first-order valence-corrected chi connectivity index (χ1v) is 9.76. The lowest BCUT2D eigenvalue weighted by molar-refractivity contribution is -0.129. The predicted octanol–water partition coefficient (Wildman–Crippen LogP) is 1.58. The van der Waals surface area contributed by atoms with Crippen molar-refractivity contribution in [2.45, 2.75) is 52.5 Å². The molecule has 2 amide bonds. The second kappa shape index (κ2) is 10.5. The molecule has 0 aliphatic heterocycles. The Labute approximate surface area is 180 Å². The lowest BCUT2D eigenvalue weighted by atomic mass is 9.92. The predicted molar refractivity (Wildman–Crippen MR) is 119 cm³/mol. The molecule has 7 nitrogen and oxygen atoms in total. The van der Waals surface area contributed by atoms with Crippen LogP contribution in [0.1, 0.15) is 46.5 Å². The second-order valence-corrected chi connectivity index (χ2v) is 8.48. The summed E-state index contributed by atoms with van der Waals surface area (Å²) in [6, 6.07) is 0.419. The molecule has 2 bridgehead atoms. The van der Waals surface area contributed by atoms with E-state index in [2.05, 4.69) is 20.9 Å². The fourth-order valence-electron chi connectivity index (χ4n) is 3.82. The molecule has 0 aromatic rings. The summed E-state index contributed by atoms with van der Waals surface area (Å²) in [5.41, 5.74) is -0.557. The Balaban J connectivity index is 0.00000364. The molecule has 0 saturated heterocycles. The van der Waals surface area contributed by atoms with Crippen molar-refractivity contribution in [2.24, 2.45) is 22.2 Å². The number of carbonyl (C=O) groups excluding carboxylic acids is 2. The van der Waals surface area contributed by atoms with Crippen molar-refractivity contribution in [3.8, 4) is 0 Å². The van der Waals surface area contributed by atoms with Gasteiger partial charge >= 0.3 is 0 Å². The number of fused-ring (bicyclic) bond motifs is 2. The topological polar surface area (TPSA) is 85.8 Å². The van der Waals surface area contributed by atoms with Crippen molar-refractivity contribution in [1.82, 2.24) is 20.9 Å². The van der Waals surface area contributed by atoms with Crippen LogP contribution in [0.3, 0.4) is 0 Å². The lowest BCUT2D eigenvalue weighted by Gasteiger charge is -2.28. The van der Waals surface area contributed by atoms with Crippen molar-refractivity contribution in [3.63, 3.8) is 0 Å². The first-order chi connectivity index (χ1) is 12.2. The van der Waals surface area contributed by atoms with Crippen molar-refractivity contribution < 1.29 is 9.59 Å². The van der Waals surface area contributed by atoms with Crippen LogP contribution >= 0.6 is 24.0 Å². The van der Waals surface area contributed by atoms with Gasteiger partial charge in [-0.3, -0.25) is 9.59 Å². The van der Waals surface area contributed by atoms with Gasteiger partial charge in [0.25, 0.3) is 0 Å². The fraction of sp³-hybridized carbons (Fsp3) is 0.842. The molecule has 3 unspecified atom stereocenters. The maximum absolute atomic E-state index is 12.2. The van der Waals surface area contributed by atoms with Gasteiger partial charge in [-0.15, -0.1) is 24.0 Å². The number of hydrogen-bond acceptors (Lipinski definition) is 3. The zero-order chi connectivity index (χ0) is 19.3. The van der Waals surface area contributed by atoms with Gasteiger partial charge in [-0.2, -0.15) is 0 Å². The van der Waals surface area contributed by atoms with Gasteiger partial charge in [-0.05, 0) is 51.9 Å². The summed E-state index contributed by atoms with van der Waals surface area (Å²) in [6.07, 6.45) is 5.08. The number of likely N-dealkylation sites (N-methyl/N-ethyl adjacent to an activating group) is 1. The summed E-state index contributed by atoms with van der Waals surface area (Å²) in [5, 5.41) is 9.68. The zero-order valence-corrected chi connectivity index (χ0v) is 19.6. The average Bonchev–Trinajstić information content (AvgIpc) is 3.19. The van der Waals surface area contributed by atoms with E-state index < -0.39 is 5.41 Å². The van der Waals surface area contributed by atoms with Crippen LogP contribution in [0.15, 0.2) is 4.99 Å². The highest BCUT2D eigenvalue weighted by atomic mass is 127. The third-order valence-electron chi connectivity index (χ3n) is 5.58. The van der Waals surface area contributed by atoms with Gasteiger partial charge in [0.1, 0.15) is 6.54 Å².